The summed E-state index contributed by atoms with van der Waals surface area (Å²) < 4.78 is 0. The maximum Gasteiger partial charge on any atom is 0.269 e. The molecule has 0 bridgehead atoms. The summed E-state index contributed by atoms with van der Waals surface area (Å²) in [4.78, 5) is 46.9. The Hall–Kier alpha value is -4.15. The molecule has 0 aliphatic carbocycles. The minimum atomic E-state index is -0.707. The number of nitrogens with zero attached hydrogens (tertiary/aromatic N) is 4. The molecule has 30 heavy (non-hydrogen) atoms. The van der Waals surface area contributed by atoms with Gasteiger partial charge in [-0.25, -0.2) is 5.43 Å². The molecule has 3 rings (SSSR count). The van der Waals surface area contributed by atoms with Crippen LogP contribution in [0.3, 0.4) is 0 Å². The number of carbonyl (C=O) groups is 2. The van der Waals surface area contributed by atoms with Crippen molar-refractivity contribution in [1.29, 1.82) is 0 Å². The average Bonchev–Trinajstić information content (AvgIpc) is 3.23. The largest absolute Gasteiger partial charge is 0.327 e. The van der Waals surface area contributed by atoms with Crippen LogP contribution in [0.15, 0.2) is 53.6 Å². The Kier molecular flexibility index (Phi) is 6.11. The van der Waals surface area contributed by atoms with Crippen molar-refractivity contribution < 1.29 is 19.4 Å². The molecule has 1 atom stereocenters. The van der Waals surface area contributed by atoms with E-state index in [4.69, 9.17) is 0 Å². The first-order chi connectivity index (χ1) is 14.4. The van der Waals surface area contributed by atoms with E-state index in [0.717, 1.165) is 0 Å². The predicted molar refractivity (Wildman–Crippen MR) is 106 cm³/mol. The molecule has 1 N–H and O–H groups in total. The van der Waals surface area contributed by atoms with Crippen LogP contribution in [0.2, 0.25) is 0 Å². The van der Waals surface area contributed by atoms with Crippen LogP contribution in [0.4, 0.5) is 11.4 Å². The van der Waals surface area contributed by atoms with Gasteiger partial charge in [-0.2, -0.15) is 5.10 Å². The maximum atomic E-state index is 12.7. The van der Waals surface area contributed by atoms with Crippen LogP contribution < -0.4 is 5.43 Å². The monoisotopic (exact) mass is 411 g/mol. The Bertz CT molecular complexity index is 1000. The highest BCUT2D eigenvalue weighted by molar-refractivity contribution is 5.98. The molecule has 1 heterocycles. The predicted octanol–water partition coefficient (Wildman–Crippen LogP) is 2.26. The van der Waals surface area contributed by atoms with Crippen molar-refractivity contribution in [1.82, 2.24) is 10.3 Å². The molecule has 1 unspecified atom stereocenters. The molecule has 0 radical (unpaired) electrons. The number of nitro groups is 2. The SMILES string of the molecule is O=C(N/N=C/c1ccc([N+](=O)[O-])cc1)C1CCCN1C(=O)c1ccc([N+](=O)[O-])cc1. The zero-order chi connectivity index (χ0) is 21.7. The third-order valence-electron chi connectivity index (χ3n) is 4.63. The number of hydrogen-bond acceptors (Lipinski definition) is 7. The van der Waals surface area contributed by atoms with Crippen LogP contribution in [-0.4, -0.2) is 45.4 Å². The molecule has 11 heteroatoms. The standard InChI is InChI=1S/C19H17N5O6/c25-18(21-20-12-13-3-7-15(8-4-13)23(27)28)17-2-1-11-22(17)19(26)14-5-9-16(10-6-14)24(29)30/h3-10,12,17H,1-2,11H2,(H,21,25)/b20-12+. The van der Waals surface area contributed by atoms with Gasteiger partial charge in [-0.15, -0.1) is 0 Å². The molecule has 1 aliphatic rings. The van der Waals surface area contributed by atoms with Crippen LogP contribution in [0.1, 0.15) is 28.8 Å². The quantitative estimate of drug-likeness (QED) is 0.438. The fraction of sp³-hybridized carbons (Fsp3) is 0.211. The van der Waals surface area contributed by atoms with Gasteiger partial charge in [0.2, 0.25) is 0 Å². The minimum Gasteiger partial charge on any atom is -0.327 e. The Morgan fingerprint density at radius 2 is 1.57 bits per heavy atom. The summed E-state index contributed by atoms with van der Waals surface area (Å²) >= 11 is 0. The molecule has 11 nitrogen and oxygen atoms in total. The molecule has 1 aliphatic heterocycles. The third-order valence-corrected chi connectivity index (χ3v) is 4.63. The van der Waals surface area contributed by atoms with Gasteiger partial charge >= 0.3 is 0 Å². The van der Waals surface area contributed by atoms with E-state index in [0.29, 0.717) is 24.9 Å². The van der Waals surface area contributed by atoms with Gasteiger partial charge in [0.15, 0.2) is 0 Å². The van der Waals surface area contributed by atoms with Gasteiger partial charge in [0, 0.05) is 36.4 Å². The van der Waals surface area contributed by atoms with Gasteiger partial charge in [-0.1, -0.05) is 0 Å². The Morgan fingerprint density at radius 1 is 1.00 bits per heavy atom. The number of rotatable bonds is 6. The van der Waals surface area contributed by atoms with E-state index >= 15 is 0 Å². The lowest BCUT2D eigenvalue weighted by Crippen LogP contribution is -2.44. The van der Waals surface area contributed by atoms with Gasteiger partial charge < -0.3 is 4.90 Å². The van der Waals surface area contributed by atoms with Gasteiger partial charge in [0.05, 0.1) is 16.1 Å². The maximum absolute atomic E-state index is 12.7. The lowest BCUT2D eigenvalue weighted by atomic mass is 10.1. The first-order valence-electron chi connectivity index (χ1n) is 8.99. The second kappa shape index (κ2) is 8.90. The number of hydrogen-bond donors (Lipinski definition) is 1. The van der Waals surface area contributed by atoms with Crippen molar-refractivity contribution in [2.75, 3.05) is 6.54 Å². The first-order valence-corrected chi connectivity index (χ1v) is 8.99. The lowest BCUT2D eigenvalue weighted by Gasteiger charge is -2.23. The number of non-ortho nitro benzene ring substituents is 2. The van der Waals surface area contributed by atoms with Gasteiger partial charge in [0.25, 0.3) is 23.2 Å². The highest BCUT2D eigenvalue weighted by Gasteiger charge is 2.34. The van der Waals surface area contributed by atoms with E-state index in [-0.39, 0.29) is 22.8 Å². The van der Waals surface area contributed by atoms with Crippen molar-refractivity contribution >= 4 is 29.4 Å². The summed E-state index contributed by atoms with van der Waals surface area (Å²) in [5.41, 5.74) is 3.03. The summed E-state index contributed by atoms with van der Waals surface area (Å²) in [6.07, 6.45) is 2.46. The molecule has 2 aromatic carbocycles. The highest BCUT2D eigenvalue weighted by atomic mass is 16.6. The first kappa shape index (κ1) is 20.6. The topological polar surface area (TPSA) is 148 Å². The fourth-order valence-corrected chi connectivity index (χ4v) is 3.10. The van der Waals surface area contributed by atoms with Crippen molar-refractivity contribution in [3.63, 3.8) is 0 Å². The minimum absolute atomic E-state index is 0.0532. The molecule has 2 aromatic rings. The van der Waals surface area contributed by atoms with Gasteiger partial charge in [0.1, 0.15) is 6.04 Å². The van der Waals surface area contributed by atoms with E-state index in [1.165, 1.54) is 59.6 Å². The van der Waals surface area contributed by atoms with E-state index in [2.05, 4.69) is 10.5 Å². The molecular weight excluding hydrogens is 394 g/mol. The Balaban J connectivity index is 1.62. The van der Waals surface area contributed by atoms with Crippen LogP contribution in [0, 0.1) is 20.2 Å². The van der Waals surface area contributed by atoms with Crippen molar-refractivity contribution in [2.45, 2.75) is 18.9 Å². The van der Waals surface area contributed by atoms with Crippen molar-refractivity contribution in [3.05, 3.63) is 79.9 Å². The zero-order valence-corrected chi connectivity index (χ0v) is 15.6. The number of hydrazone groups is 1. The van der Waals surface area contributed by atoms with Crippen LogP contribution in [0.25, 0.3) is 0 Å². The molecule has 0 spiro atoms. The summed E-state index contributed by atoms with van der Waals surface area (Å²) in [5, 5.41) is 25.2. The molecule has 154 valence electrons. The van der Waals surface area contributed by atoms with Crippen LogP contribution in [-0.2, 0) is 4.79 Å². The zero-order valence-electron chi connectivity index (χ0n) is 15.6. The summed E-state index contributed by atoms with van der Waals surface area (Å²) in [5.74, 6) is -0.845. The van der Waals surface area contributed by atoms with Crippen molar-refractivity contribution in [3.8, 4) is 0 Å². The number of amides is 2. The summed E-state index contributed by atoms with van der Waals surface area (Å²) in [6, 6.07) is 10.1. The fourth-order valence-electron chi connectivity index (χ4n) is 3.10. The number of nitrogens with one attached hydrogen (secondary N) is 1. The third kappa shape index (κ3) is 4.63. The molecular formula is C19H17N5O6. The van der Waals surface area contributed by atoms with Crippen LogP contribution in [0.5, 0.6) is 0 Å². The Labute approximate surface area is 170 Å². The molecule has 0 aromatic heterocycles. The summed E-state index contributed by atoms with van der Waals surface area (Å²) in [6.45, 7) is 0.389. The normalized spacial score (nSPS) is 15.9. The molecule has 0 saturated carbocycles. The second-order valence-corrected chi connectivity index (χ2v) is 6.54. The number of nitro benzene ring substituents is 2. The summed E-state index contributed by atoms with van der Waals surface area (Å²) in [7, 11) is 0. The van der Waals surface area contributed by atoms with E-state index in [9.17, 15) is 29.8 Å². The number of benzene rings is 2. The van der Waals surface area contributed by atoms with Crippen LogP contribution >= 0.6 is 0 Å². The molecule has 1 fully saturated rings. The second-order valence-electron chi connectivity index (χ2n) is 6.54. The van der Waals surface area contributed by atoms with E-state index in [1.807, 2.05) is 0 Å². The van der Waals surface area contributed by atoms with Crippen molar-refractivity contribution in [2.24, 2.45) is 5.10 Å². The Morgan fingerprint density at radius 3 is 2.13 bits per heavy atom. The van der Waals surface area contributed by atoms with Gasteiger partial charge in [-0.3, -0.25) is 29.8 Å². The smallest absolute Gasteiger partial charge is 0.269 e. The molecule has 2 amide bonds. The van der Waals surface area contributed by atoms with E-state index < -0.39 is 21.8 Å². The molecule has 1 saturated heterocycles. The van der Waals surface area contributed by atoms with Gasteiger partial charge in [-0.05, 0) is 42.7 Å². The highest BCUT2D eigenvalue weighted by Crippen LogP contribution is 2.21. The number of likely N-dealkylation sites (tertiary alicyclic amines) is 1. The average molecular weight is 411 g/mol. The number of carbonyl (C=O) groups excluding carboxylic acids is 2. The van der Waals surface area contributed by atoms with E-state index in [1.54, 1.807) is 0 Å². The lowest BCUT2D eigenvalue weighted by molar-refractivity contribution is -0.385.